The van der Waals surface area contributed by atoms with Gasteiger partial charge in [-0.25, -0.2) is 0 Å². The number of amides is 1. The van der Waals surface area contributed by atoms with Crippen molar-refractivity contribution in [1.82, 2.24) is 9.80 Å². The highest BCUT2D eigenvalue weighted by atomic mass is 16.5. The zero-order valence-electron chi connectivity index (χ0n) is 12.8. The Morgan fingerprint density at radius 2 is 1.86 bits per heavy atom. The minimum atomic E-state index is 0.179. The molecule has 21 heavy (non-hydrogen) atoms. The quantitative estimate of drug-likeness (QED) is 0.852. The van der Waals surface area contributed by atoms with Crippen molar-refractivity contribution in [1.29, 1.82) is 0 Å². The average molecular weight is 291 g/mol. The topological polar surface area (TPSA) is 58.8 Å². The van der Waals surface area contributed by atoms with Gasteiger partial charge in [-0.3, -0.25) is 9.69 Å². The maximum absolute atomic E-state index is 11.8. The van der Waals surface area contributed by atoms with E-state index < -0.39 is 0 Å². The third kappa shape index (κ3) is 4.72. The normalized spacial score (nSPS) is 16.0. The molecule has 0 saturated carbocycles. The molecule has 0 radical (unpaired) electrons. The highest BCUT2D eigenvalue weighted by Crippen LogP contribution is 2.14. The fourth-order valence-electron chi connectivity index (χ4n) is 2.55. The summed E-state index contributed by atoms with van der Waals surface area (Å²) in [5.74, 6) is 1.09. The Hall–Kier alpha value is -1.59. The van der Waals surface area contributed by atoms with E-state index in [1.807, 2.05) is 24.0 Å². The predicted molar refractivity (Wildman–Crippen MR) is 83.1 cm³/mol. The van der Waals surface area contributed by atoms with E-state index in [-0.39, 0.29) is 5.91 Å². The minimum absolute atomic E-state index is 0.179. The van der Waals surface area contributed by atoms with Crippen LogP contribution >= 0.6 is 0 Å². The number of piperazine rings is 1. The van der Waals surface area contributed by atoms with Crippen LogP contribution in [0, 0.1) is 0 Å². The summed E-state index contributed by atoms with van der Waals surface area (Å²) in [6, 6.07) is 8.24. The van der Waals surface area contributed by atoms with Gasteiger partial charge in [0, 0.05) is 45.7 Å². The van der Waals surface area contributed by atoms with Gasteiger partial charge in [0.1, 0.15) is 5.75 Å². The summed E-state index contributed by atoms with van der Waals surface area (Å²) in [6.07, 6.45) is 0.457. The number of hydrogen-bond acceptors (Lipinski definition) is 4. The second-order valence-corrected chi connectivity index (χ2v) is 5.27. The van der Waals surface area contributed by atoms with Crippen molar-refractivity contribution in [2.45, 2.75) is 19.9 Å². The summed E-state index contributed by atoms with van der Waals surface area (Å²) in [5.41, 5.74) is 6.71. The second kappa shape index (κ2) is 8.00. The molecule has 0 aliphatic carbocycles. The van der Waals surface area contributed by atoms with Gasteiger partial charge in [-0.1, -0.05) is 12.1 Å². The largest absolute Gasteiger partial charge is 0.494 e. The Morgan fingerprint density at radius 3 is 2.43 bits per heavy atom. The van der Waals surface area contributed by atoms with Crippen LogP contribution in [0.4, 0.5) is 0 Å². The molecule has 1 fully saturated rings. The van der Waals surface area contributed by atoms with E-state index in [0.717, 1.165) is 38.5 Å². The number of benzene rings is 1. The lowest BCUT2D eigenvalue weighted by molar-refractivity contribution is -0.132. The van der Waals surface area contributed by atoms with E-state index in [0.29, 0.717) is 19.6 Å². The number of carbonyl (C=O) groups excluding carboxylic acids is 1. The Morgan fingerprint density at radius 1 is 1.19 bits per heavy atom. The van der Waals surface area contributed by atoms with Crippen molar-refractivity contribution in [3.63, 3.8) is 0 Å². The van der Waals surface area contributed by atoms with E-state index in [9.17, 15) is 4.79 Å². The van der Waals surface area contributed by atoms with Crippen molar-refractivity contribution < 1.29 is 9.53 Å². The number of rotatable bonds is 6. The van der Waals surface area contributed by atoms with Gasteiger partial charge in [-0.2, -0.15) is 0 Å². The predicted octanol–water partition coefficient (Wildman–Crippen LogP) is 1.08. The molecule has 0 bridgehead atoms. The van der Waals surface area contributed by atoms with Gasteiger partial charge < -0.3 is 15.4 Å². The summed E-state index contributed by atoms with van der Waals surface area (Å²) in [5, 5.41) is 0. The van der Waals surface area contributed by atoms with Gasteiger partial charge in [0.2, 0.25) is 5.91 Å². The molecule has 1 heterocycles. The molecule has 0 unspecified atom stereocenters. The zero-order valence-corrected chi connectivity index (χ0v) is 12.8. The average Bonchev–Trinajstić information content (AvgIpc) is 2.50. The van der Waals surface area contributed by atoms with Gasteiger partial charge in [0.05, 0.1) is 6.61 Å². The molecule has 5 heteroatoms. The van der Waals surface area contributed by atoms with Crippen LogP contribution in [-0.2, 0) is 11.3 Å². The number of hydrogen-bond donors (Lipinski definition) is 1. The molecule has 0 atom stereocenters. The number of nitrogens with two attached hydrogens (primary N) is 1. The lowest BCUT2D eigenvalue weighted by atomic mass is 10.2. The fraction of sp³-hybridized carbons (Fsp3) is 0.562. The molecular weight excluding hydrogens is 266 g/mol. The molecule has 0 aromatic heterocycles. The highest BCUT2D eigenvalue weighted by Gasteiger charge is 2.20. The Balaban J connectivity index is 1.79. The summed E-state index contributed by atoms with van der Waals surface area (Å²) in [6.45, 7) is 7.48. The van der Waals surface area contributed by atoms with Crippen LogP contribution in [0.1, 0.15) is 18.9 Å². The molecule has 116 valence electrons. The highest BCUT2D eigenvalue weighted by molar-refractivity contribution is 5.76. The maximum Gasteiger partial charge on any atom is 0.223 e. The molecule has 2 N–H and O–H groups in total. The van der Waals surface area contributed by atoms with Crippen LogP contribution in [0.5, 0.6) is 5.75 Å². The smallest absolute Gasteiger partial charge is 0.223 e. The van der Waals surface area contributed by atoms with Gasteiger partial charge in [-0.15, -0.1) is 0 Å². The zero-order chi connectivity index (χ0) is 15.1. The van der Waals surface area contributed by atoms with E-state index >= 15 is 0 Å². The summed E-state index contributed by atoms with van der Waals surface area (Å²) < 4.78 is 5.45. The standard InChI is InChI=1S/C16H25N3O2/c1-2-21-15-5-3-14(4-6-15)13-18-9-11-19(12-10-18)16(20)7-8-17/h3-6H,2,7-13,17H2,1H3. The summed E-state index contributed by atoms with van der Waals surface area (Å²) in [7, 11) is 0. The molecular formula is C16H25N3O2. The number of nitrogens with zero attached hydrogens (tertiary/aromatic N) is 2. The van der Waals surface area contributed by atoms with Crippen molar-refractivity contribution >= 4 is 5.91 Å². The molecule has 1 aromatic carbocycles. The summed E-state index contributed by atoms with van der Waals surface area (Å²) in [4.78, 5) is 16.1. The van der Waals surface area contributed by atoms with Crippen LogP contribution in [0.3, 0.4) is 0 Å². The Kier molecular flexibility index (Phi) is 6.02. The molecule has 2 rings (SSSR count). The third-order valence-corrected chi connectivity index (χ3v) is 3.72. The summed E-state index contributed by atoms with van der Waals surface area (Å²) >= 11 is 0. The lowest BCUT2D eigenvalue weighted by Gasteiger charge is -2.34. The van der Waals surface area contributed by atoms with Crippen LogP contribution in [-0.4, -0.2) is 55.0 Å². The van der Waals surface area contributed by atoms with Crippen molar-refractivity contribution in [2.24, 2.45) is 5.73 Å². The fourth-order valence-corrected chi connectivity index (χ4v) is 2.55. The van der Waals surface area contributed by atoms with Crippen LogP contribution in [0.25, 0.3) is 0 Å². The van der Waals surface area contributed by atoms with Crippen LogP contribution in [0.15, 0.2) is 24.3 Å². The van der Waals surface area contributed by atoms with Crippen molar-refractivity contribution in [2.75, 3.05) is 39.3 Å². The Bertz CT molecular complexity index is 439. The van der Waals surface area contributed by atoms with Gasteiger partial charge in [0.25, 0.3) is 0 Å². The van der Waals surface area contributed by atoms with E-state index in [1.54, 1.807) is 0 Å². The first-order chi connectivity index (χ1) is 10.2. The van der Waals surface area contributed by atoms with E-state index in [4.69, 9.17) is 10.5 Å². The van der Waals surface area contributed by atoms with Gasteiger partial charge in [0.15, 0.2) is 0 Å². The number of carbonyl (C=O) groups is 1. The first kappa shape index (κ1) is 15.8. The minimum Gasteiger partial charge on any atom is -0.494 e. The third-order valence-electron chi connectivity index (χ3n) is 3.72. The van der Waals surface area contributed by atoms with Crippen molar-refractivity contribution in [3.05, 3.63) is 29.8 Å². The van der Waals surface area contributed by atoms with Gasteiger partial charge in [-0.05, 0) is 24.6 Å². The van der Waals surface area contributed by atoms with Crippen molar-refractivity contribution in [3.8, 4) is 5.75 Å². The Labute approximate surface area is 126 Å². The lowest BCUT2D eigenvalue weighted by Crippen LogP contribution is -2.48. The molecule has 5 nitrogen and oxygen atoms in total. The number of ether oxygens (including phenoxy) is 1. The first-order valence-electron chi connectivity index (χ1n) is 7.65. The van der Waals surface area contributed by atoms with Crippen LogP contribution < -0.4 is 10.5 Å². The molecule has 1 aromatic rings. The SMILES string of the molecule is CCOc1ccc(CN2CCN(C(=O)CCN)CC2)cc1. The first-order valence-corrected chi connectivity index (χ1v) is 7.65. The molecule has 1 aliphatic heterocycles. The van der Waals surface area contributed by atoms with E-state index in [2.05, 4.69) is 17.0 Å². The molecule has 1 amide bonds. The van der Waals surface area contributed by atoms with Gasteiger partial charge >= 0.3 is 0 Å². The maximum atomic E-state index is 11.8. The monoisotopic (exact) mass is 291 g/mol. The van der Waals surface area contributed by atoms with Crippen LogP contribution in [0.2, 0.25) is 0 Å². The van der Waals surface area contributed by atoms with E-state index in [1.165, 1.54) is 5.56 Å². The molecule has 1 aliphatic rings. The molecule has 0 spiro atoms. The molecule has 1 saturated heterocycles. The second-order valence-electron chi connectivity index (χ2n) is 5.27.